The normalized spacial score (nSPS) is 14.2. The predicted molar refractivity (Wildman–Crippen MR) is 136 cm³/mol. The topological polar surface area (TPSA) is 48.0 Å². The number of rotatable bonds is 9. The molecule has 0 fully saturated rings. The van der Waals surface area contributed by atoms with E-state index < -0.39 is 8.32 Å². The van der Waals surface area contributed by atoms with Crippen LogP contribution in [0.4, 0.5) is 0 Å². The molecule has 0 N–H and O–H groups in total. The van der Waals surface area contributed by atoms with Crippen LogP contribution in [-0.2, 0) is 13.0 Å². The minimum absolute atomic E-state index is 0.0389. The first-order chi connectivity index (χ1) is 15.6. The van der Waals surface area contributed by atoms with Gasteiger partial charge in [0.05, 0.1) is 14.2 Å². The molecular formula is C27H39NO4Si. The van der Waals surface area contributed by atoms with Gasteiger partial charge in [-0.05, 0) is 58.4 Å². The highest BCUT2D eigenvalue weighted by Gasteiger charge is 2.47. The van der Waals surface area contributed by atoms with E-state index in [0.29, 0.717) is 41.0 Å². The second-order valence-electron chi connectivity index (χ2n) is 9.90. The van der Waals surface area contributed by atoms with Crippen molar-refractivity contribution in [2.24, 2.45) is 0 Å². The molecule has 1 amide bonds. The molecule has 0 aromatic heterocycles. The van der Waals surface area contributed by atoms with Gasteiger partial charge in [0.15, 0.2) is 5.75 Å². The van der Waals surface area contributed by atoms with Gasteiger partial charge in [-0.25, -0.2) is 0 Å². The molecule has 2 aromatic carbocycles. The zero-order valence-corrected chi connectivity index (χ0v) is 22.4. The first-order valence-corrected chi connectivity index (χ1v) is 14.1. The quantitative estimate of drug-likeness (QED) is 0.396. The lowest BCUT2D eigenvalue weighted by Gasteiger charge is -2.42. The summed E-state index contributed by atoms with van der Waals surface area (Å²) in [5.41, 5.74) is 4.21. The van der Waals surface area contributed by atoms with Gasteiger partial charge in [0, 0.05) is 18.7 Å². The molecule has 33 heavy (non-hydrogen) atoms. The maximum atomic E-state index is 13.3. The number of amides is 1. The van der Waals surface area contributed by atoms with Gasteiger partial charge in [-0.1, -0.05) is 53.7 Å². The zero-order chi connectivity index (χ0) is 24.3. The fraction of sp³-hybridized carbons (Fsp3) is 0.519. The smallest absolute Gasteiger partial charge is 0.258 e. The van der Waals surface area contributed by atoms with E-state index in [1.165, 1.54) is 0 Å². The molecule has 1 aliphatic rings. The molecule has 6 heteroatoms. The standard InChI is InChI=1S/C27H39NO4Si/c1-18(2)33(19(3)4,20(5)6)32-26-15-22-13-14-28(27(29)24(22)16-25(26)31-8)17-21-9-11-23(30-7)12-10-21/h9-12,15-16,18-20H,13-14,17H2,1-8H3. The number of carbonyl (C=O) groups excluding carboxylic acids is 1. The van der Waals surface area contributed by atoms with Crippen molar-refractivity contribution < 1.29 is 18.7 Å². The summed E-state index contributed by atoms with van der Waals surface area (Å²) in [5.74, 6) is 2.29. The number of ether oxygens (including phenoxy) is 2. The van der Waals surface area contributed by atoms with Crippen LogP contribution in [0.3, 0.4) is 0 Å². The van der Waals surface area contributed by atoms with Crippen molar-refractivity contribution in [3.8, 4) is 17.2 Å². The summed E-state index contributed by atoms with van der Waals surface area (Å²) in [6, 6.07) is 11.8. The first kappa shape index (κ1) is 25.2. The van der Waals surface area contributed by atoms with Gasteiger partial charge in [0.1, 0.15) is 11.5 Å². The fourth-order valence-electron chi connectivity index (χ4n) is 5.42. The van der Waals surface area contributed by atoms with Crippen LogP contribution in [0.1, 0.15) is 63.0 Å². The summed E-state index contributed by atoms with van der Waals surface area (Å²) in [4.78, 5) is 15.2. The monoisotopic (exact) mass is 469 g/mol. The number of hydrogen-bond acceptors (Lipinski definition) is 4. The lowest BCUT2D eigenvalue weighted by molar-refractivity contribution is 0.0726. The van der Waals surface area contributed by atoms with Crippen molar-refractivity contribution in [1.82, 2.24) is 4.90 Å². The van der Waals surface area contributed by atoms with Crippen molar-refractivity contribution in [2.45, 2.75) is 71.1 Å². The molecule has 1 aliphatic heterocycles. The molecular weight excluding hydrogens is 430 g/mol. The SMILES string of the molecule is COc1ccc(CN2CCc3cc(O[Si](C(C)C)(C(C)C)C(C)C)c(OC)cc3C2=O)cc1. The third kappa shape index (κ3) is 4.91. The molecule has 5 nitrogen and oxygen atoms in total. The average Bonchev–Trinajstić information content (AvgIpc) is 2.78. The van der Waals surface area contributed by atoms with Gasteiger partial charge in [-0.2, -0.15) is 0 Å². The van der Waals surface area contributed by atoms with Gasteiger partial charge in [-0.3, -0.25) is 4.79 Å². The van der Waals surface area contributed by atoms with Gasteiger partial charge < -0.3 is 18.8 Å². The summed E-state index contributed by atoms with van der Waals surface area (Å²) in [5, 5.41) is 0. The van der Waals surface area contributed by atoms with E-state index in [4.69, 9.17) is 13.9 Å². The molecule has 0 spiro atoms. The van der Waals surface area contributed by atoms with Crippen LogP contribution in [0.5, 0.6) is 17.2 Å². The van der Waals surface area contributed by atoms with E-state index in [2.05, 4.69) is 47.6 Å². The van der Waals surface area contributed by atoms with E-state index in [0.717, 1.165) is 29.0 Å². The summed E-state index contributed by atoms with van der Waals surface area (Å²) >= 11 is 0. The molecule has 0 unspecified atom stereocenters. The summed E-state index contributed by atoms with van der Waals surface area (Å²) in [6.07, 6.45) is 0.803. The molecule has 0 atom stereocenters. The molecule has 0 saturated heterocycles. The van der Waals surface area contributed by atoms with Crippen molar-refractivity contribution in [1.29, 1.82) is 0 Å². The van der Waals surface area contributed by atoms with Gasteiger partial charge in [-0.15, -0.1) is 0 Å². The van der Waals surface area contributed by atoms with Gasteiger partial charge >= 0.3 is 0 Å². The predicted octanol–water partition coefficient (Wildman–Crippen LogP) is 6.46. The first-order valence-electron chi connectivity index (χ1n) is 12.0. The number of nitrogens with zero attached hydrogens (tertiary/aromatic N) is 1. The van der Waals surface area contributed by atoms with Crippen LogP contribution in [0.2, 0.25) is 16.6 Å². The van der Waals surface area contributed by atoms with Crippen molar-refractivity contribution in [2.75, 3.05) is 20.8 Å². The Balaban J connectivity index is 1.91. The molecule has 0 bridgehead atoms. The maximum Gasteiger partial charge on any atom is 0.258 e. The average molecular weight is 470 g/mol. The van der Waals surface area contributed by atoms with E-state index in [-0.39, 0.29) is 5.91 Å². The Bertz CT molecular complexity index is 947. The Hall–Kier alpha value is -2.47. The molecule has 1 heterocycles. The Morgan fingerprint density at radius 2 is 1.48 bits per heavy atom. The highest BCUT2D eigenvalue weighted by atomic mass is 28.4. The van der Waals surface area contributed by atoms with Crippen LogP contribution in [0.25, 0.3) is 0 Å². The van der Waals surface area contributed by atoms with Crippen LogP contribution in [0, 0.1) is 0 Å². The second-order valence-corrected chi connectivity index (χ2v) is 15.3. The van der Waals surface area contributed by atoms with Gasteiger partial charge in [0.2, 0.25) is 0 Å². The fourth-order valence-corrected chi connectivity index (χ4v) is 10.7. The number of hydrogen-bond donors (Lipinski definition) is 0. The summed E-state index contributed by atoms with van der Waals surface area (Å²) in [6.45, 7) is 14.9. The lowest BCUT2D eigenvalue weighted by atomic mass is 9.97. The third-order valence-electron chi connectivity index (χ3n) is 7.08. The van der Waals surface area contributed by atoms with E-state index in [9.17, 15) is 4.79 Å². The molecule has 0 saturated carbocycles. The Morgan fingerprint density at radius 3 is 2.00 bits per heavy atom. The van der Waals surface area contributed by atoms with Crippen LogP contribution >= 0.6 is 0 Å². The summed E-state index contributed by atoms with van der Waals surface area (Å²) < 4.78 is 17.9. The minimum Gasteiger partial charge on any atom is -0.540 e. The van der Waals surface area contributed by atoms with Crippen molar-refractivity contribution in [3.05, 3.63) is 53.1 Å². The highest BCUT2D eigenvalue weighted by Crippen LogP contribution is 2.45. The Morgan fingerprint density at radius 1 is 0.879 bits per heavy atom. The molecule has 0 radical (unpaired) electrons. The van der Waals surface area contributed by atoms with Crippen molar-refractivity contribution >= 4 is 14.2 Å². The second kappa shape index (κ2) is 10.2. The van der Waals surface area contributed by atoms with Gasteiger partial charge in [0.25, 0.3) is 14.2 Å². The molecule has 3 rings (SSSR count). The lowest BCUT2D eigenvalue weighted by Crippen LogP contribution is -2.50. The van der Waals surface area contributed by atoms with Crippen LogP contribution in [0.15, 0.2) is 36.4 Å². The number of methoxy groups -OCH3 is 2. The number of carbonyl (C=O) groups is 1. The number of fused-ring (bicyclic) bond motifs is 1. The Labute approximate surface area is 200 Å². The third-order valence-corrected chi connectivity index (χ3v) is 13.1. The van der Waals surface area contributed by atoms with Crippen molar-refractivity contribution in [3.63, 3.8) is 0 Å². The Kier molecular flexibility index (Phi) is 7.78. The minimum atomic E-state index is -2.14. The summed E-state index contributed by atoms with van der Waals surface area (Å²) in [7, 11) is 1.17. The van der Waals surface area contributed by atoms with Crippen LogP contribution in [-0.4, -0.2) is 39.9 Å². The molecule has 0 aliphatic carbocycles. The van der Waals surface area contributed by atoms with E-state index in [1.54, 1.807) is 14.2 Å². The number of benzene rings is 2. The van der Waals surface area contributed by atoms with E-state index >= 15 is 0 Å². The zero-order valence-electron chi connectivity index (χ0n) is 21.4. The maximum absolute atomic E-state index is 13.3. The van der Waals surface area contributed by atoms with Crippen LogP contribution < -0.4 is 13.9 Å². The highest BCUT2D eigenvalue weighted by molar-refractivity contribution is 6.78. The van der Waals surface area contributed by atoms with E-state index in [1.807, 2.05) is 35.2 Å². The largest absolute Gasteiger partial charge is 0.540 e. The molecule has 180 valence electrons. The molecule has 2 aromatic rings.